The van der Waals surface area contributed by atoms with Crippen LogP contribution in [0, 0.1) is 0 Å². The van der Waals surface area contributed by atoms with Crippen molar-refractivity contribution in [2.24, 2.45) is 0 Å². The minimum atomic E-state index is -3.30. The fourth-order valence-corrected chi connectivity index (χ4v) is 5.13. The molecule has 0 saturated carbocycles. The van der Waals surface area contributed by atoms with E-state index < -0.39 is 10.0 Å². The number of fused-ring (bicyclic) bond motifs is 2. The average Bonchev–Trinajstić information content (AvgIpc) is 3.18. The molecule has 0 amide bonds. The lowest BCUT2D eigenvalue weighted by Gasteiger charge is -2.25. The molecule has 138 valence electrons. The van der Waals surface area contributed by atoms with Crippen LogP contribution < -0.4 is 9.04 Å². The van der Waals surface area contributed by atoms with Gasteiger partial charge in [-0.3, -0.25) is 14.2 Å². The highest BCUT2D eigenvalue weighted by Gasteiger charge is 2.50. The van der Waals surface area contributed by atoms with E-state index in [0.29, 0.717) is 6.54 Å². The van der Waals surface area contributed by atoms with Crippen LogP contribution in [0.1, 0.15) is 17.7 Å². The molecule has 1 spiro atoms. The van der Waals surface area contributed by atoms with Crippen LogP contribution in [0.4, 0.5) is 5.69 Å². The minimum Gasteiger partial charge on any atom is -0.497 e. The fraction of sp³-hybridized carbons (Fsp3) is 0.421. The van der Waals surface area contributed by atoms with Gasteiger partial charge in [-0.1, -0.05) is 12.1 Å². The van der Waals surface area contributed by atoms with E-state index in [-0.39, 0.29) is 5.41 Å². The van der Waals surface area contributed by atoms with Gasteiger partial charge in [0, 0.05) is 31.2 Å². The Morgan fingerprint density at radius 3 is 2.65 bits per heavy atom. The molecule has 1 aromatic carbocycles. The van der Waals surface area contributed by atoms with Crippen LogP contribution in [-0.4, -0.2) is 51.3 Å². The van der Waals surface area contributed by atoms with Crippen molar-refractivity contribution in [1.82, 2.24) is 9.88 Å². The molecule has 2 aromatic rings. The topological polar surface area (TPSA) is 62.7 Å². The normalized spacial score (nSPS) is 22.8. The monoisotopic (exact) mass is 373 g/mol. The lowest BCUT2D eigenvalue weighted by Crippen LogP contribution is -2.38. The number of ether oxygens (including phenoxy) is 1. The van der Waals surface area contributed by atoms with E-state index in [1.165, 1.54) is 16.1 Å². The summed E-state index contributed by atoms with van der Waals surface area (Å²) < 4.78 is 31.2. The third-order valence-electron chi connectivity index (χ3n) is 5.40. The van der Waals surface area contributed by atoms with E-state index in [2.05, 4.69) is 22.0 Å². The van der Waals surface area contributed by atoms with Crippen LogP contribution in [0.25, 0.3) is 0 Å². The first-order valence-corrected chi connectivity index (χ1v) is 10.5. The van der Waals surface area contributed by atoms with Gasteiger partial charge >= 0.3 is 0 Å². The molecule has 0 radical (unpaired) electrons. The average molecular weight is 373 g/mol. The predicted octanol–water partition coefficient (Wildman–Crippen LogP) is 2.01. The van der Waals surface area contributed by atoms with Crippen molar-refractivity contribution < 1.29 is 13.2 Å². The summed E-state index contributed by atoms with van der Waals surface area (Å²) in [4.78, 5) is 6.95. The SMILES string of the molecule is COc1ccc(CN2CC[C@]3(C2)CN(S(C)(=O)=O)c2cccnc23)cc1. The van der Waals surface area contributed by atoms with Crippen LogP contribution in [0.15, 0.2) is 42.6 Å². The first-order valence-electron chi connectivity index (χ1n) is 8.70. The Labute approximate surface area is 154 Å². The smallest absolute Gasteiger partial charge is 0.232 e. The van der Waals surface area contributed by atoms with Crippen molar-refractivity contribution in [2.45, 2.75) is 18.4 Å². The Balaban J connectivity index is 1.57. The molecule has 3 heterocycles. The highest BCUT2D eigenvalue weighted by atomic mass is 32.2. The van der Waals surface area contributed by atoms with Gasteiger partial charge in [0.05, 0.1) is 24.7 Å². The third-order valence-corrected chi connectivity index (χ3v) is 6.53. The van der Waals surface area contributed by atoms with Crippen LogP contribution in [0.3, 0.4) is 0 Å². The molecule has 2 aliphatic heterocycles. The van der Waals surface area contributed by atoms with Gasteiger partial charge in [0.15, 0.2) is 0 Å². The largest absolute Gasteiger partial charge is 0.497 e. The summed E-state index contributed by atoms with van der Waals surface area (Å²) in [6.07, 6.45) is 3.95. The van der Waals surface area contributed by atoms with Crippen molar-refractivity contribution in [3.05, 3.63) is 53.9 Å². The summed E-state index contributed by atoms with van der Waals surface area (Å²) >= 11 is 0. The number of hydrogen-bond donors (Lipinski definition) is 0. The summed E-state index contributed by atoms with van der Waals surface area (Å²) in [5.74, 6) is 0.851. The third kappa shape index (κ3) is 2.95. The zero-order chi connectivity index (χ0) is 18.4. The van der Waals surface area contributed by atoms with Gasteiger partial charge in [-0.15, -0.1) is 0 Å². The van der Waals surface area contributed by atoms with E-state index in [1.54, 1.807) is 19.4 Å². The molecule has 0 unspecified atom stereocenters. The lowest BCUT2D eigenvalue weighted by molar-refractivity contribution is 0.306. The first kappa shape index (κ1) is 17.3. The van der Waals surface area contributed by atoms with E-state index in [1.807, 2.05) is 18.2 Å². The molecule has 7 heteroatoms. The van der Waals surface area contributed by atoms with Crippen LogP contribution in [0.5, 0.6) is 5.75 Å². The first-order chi connectivity index (χ1) is 12.4. The van der Waals surface area contributed by atoms with E-state index in [9.17, 15) is 8.42 Å². The van der Waals surface area contributed by atoms with Gasteiger partial charge in [0.1, 0.15) is 5.75 Å². The highest BCUT2D eigenvalue weighted by Crippen LogP contribution is 2.46. The predicted molar refractivity (Wildman–Crippen MR) is 101 cm³/mol. The molecule has 1 aromatic heterocycles. The van der Waals surface area contributed by atoms with Crippen LogP contribution in [0.2, 0.25) is 0 Å². The molecule has 1 atom stereocenters. The van der Waals surface area contributed by atoms with E-state index in [0.717, 1.165) is 43.2 Å². The van der Waals surface area contributed by atoms with Gasteiger partial charge in [0.2, 0.25) is 10.0 Å². The second kappa shape index (κ2) is 6.25. The zero-order valence-corrected chi connectivity index (χ0v) is 15.9. The molecule has 0 bridgehead atoms. The van der Waals surface area contributed by atoms with Crippen LogP contribution >= 0.6 is 0 Å². The van der Waals surface area contributed by atoms with E-state index in [4.69, 9.17) is 4.74 Å². The number of nitrogens with zero attached hydrogens (tertiary/aromatic N) is 3. The van der Waals surface area contributed by atoms with Crippen LogP contribution in [-0.2, 0) is 22.0 Å². The molecular formula is C19H23N3O3S. The van der Waals surface area contributed by atoms with Gasteiger partial charge in [-0.05, 0) is 42.8 Å². The summed E-state index contributed by atoms with van der Waals surface area (Å²) in [5, 5.41) is 0. The van der Waals surface area contributed by atoms with Gasteiger partial charge in [-0.25, -0.2) is 8.42 Å². The van der Waals surface area contributed by atoms with Crippen molar-refractivity contribution in [1.29, 1.82) is 0 Å². The van der Waals surface area contributed by atoms with E-state index >= 15 is 0 Å². The Bertz CT molecular complexity index is 914. The Kier molecular flexibility index (Phi) is 4.16. The maximum Gasteiger partial charge on any atom is 0.232 e. The molecule has 0 N–H and O–H groups in total. The summed E-state index contributed by atoms with van der Waals surface area (Å²) in [6.45, 7) is 3.07. The summed E-state index contributed by atoms with van der Waals surface area (Å²) in [5.41, 5.74) is 2.66. The molecular weight excluding hydrogens is 350 g/mol. The molecule has 0 aliphatic carbocycles. The molecule has 4 rings (SSSR count). The summed E-state index contributed by atoms with van der Waals surface area (Å²) in [6, 6.07) is 11.8. The second-order valence-electron chi connectivity index (χ2n) is 7.23. The van der Waals surface area contributed by atoms with Crippen molar-refractivity contribution in [3.8, 4) is 5.75 Å². The zero-order valence-electron chi connectivity index (χ0n) is 15.1. The minimum absolute atomic E-state index is 0.216. The maximum absolute atomic E-state index is 12.2. The summed E-state index contributed by atoms with van der Waals surface area (Å²) in [7, 11) is -1.64. The Morgan fingerprint density at radius 2 is 1.96 bits per heavy atom. The molecule has 6 nitrogen and oxygen atoms in total. The number of methoxy groups -OCH3 is 1. The van der Waals surface area contributed by atoms with Crippen molar-refractivity contribution >= 4 is 15.7 Å². The van der Waals surface area contributed by atoms with Crippen molar-refractivity contribution in [3.63, 3.8) is 0 Å². The molecule has 1 saturated heterocycles. The molecule has 2 aliphatic rings. The number of pyridine rings is 1. The fourth-order valence-electron chi connectivity index (χ4n) is 4.14. The number of anilines is 1. The van der Waals surface area contributed by atoms with Gasteiger partial charge in [0.25, 0.3) is 0 Å². The molecule has 26 heavy (non-hydrogen) atoms. The number of hydrogen-bond acceptors (Lipinski definition) is 5. The highest BCUT2D eigenvalue weighted by molar-refractivity contribution is 7.92. The number of rotatable bonds is 4. The molecule has 1 fully saturated rings. The lowest BCUT2D eigenvalue weighted by atomic mass is 9.85. The quantitative estimate of drug-likeness (QED) is 0.820. The second-order valence-corrected chi connectivity index (χ2v) is 9.14. The standard InChI is InChI=1S/C19H23N3O3S/c1-25-16-7-5-15(6-8-16)12-21-11-9-19(13-21)14-22(26(2,23)24)17-4-3-10-20-18(17)19/h3-8,10H,9,11-14H2,1-2H3/t19-/m0/s1. The Morgan fingerprint density at radius 1 is 1.19 bits per heavy atom. The van der Waals surface area contributed by atoms with Crippen molar-refractivity contribution in [2.75, 3.05) is 37.3 Å². The number of likely N-dealkylation sites (tertiary alicyclic amines) is 1. The number of aromatic nitrogens is 1. The number of benzene rings is 1. The van der Waals surface area contributed by atoms with Gasteiger partial charge in [-0.2, -0.15) is 0 Å². The number of sulfonamides is 1. The maximum atomic E-state index is 12.2. The van der Waals surface area contributed by atoms with Gasteiger partial charge < -0.3 is 4.74 Å². The Hall–Kier alpha value is -2.12.